The molecule has 1 fully saturated rings. The highest BCUT2D eigenvalue weighted by Gasteiger charge is 2.32. The van der Waals surface area contributed by atoms with Crippen molar-refractivity contribution in [1.29, 1.82) is 0 Å². The van der Waals surface area contributed by atoms with E-state index in [4.69, 9.17) is 0 Å². The largest absolute Gasteiger partial charge is 0.276 e. The van der Waals surface area contributed by atoms with Crippen LogP contribution < -0.4 is 0 Å². The quantitative estimate of drug-likeness (QED) is 0.858. The Kier molecular flexibility index (Phi) is 4.09. The molecule has 8 heteroatoms. The lowest BCUT2D eigenvalue weighted by Crippen LogP contribution is -2.37. The maximum absolute atomic E-state index is 12.7. The molecule has 0 unspecified atom stereocenters. The monoisotopic (exact) mass is 340 g/mol. The average molecular weight is 340 g/mol. The van der Waals surface area contributed by atoms with Gasteiger partial charge in [0.05, 0.1) is 11.9 Å². The van der Waals surface area contributed by atoms with Crippen molar-refractivity contribution in [3.05, 3.63) is 28.5 Å². The SMILES string of the molecule is Cc1nc(S(=O)(=O)N2CCC(c3cnn(C)c3)CC2)sc1C. The number of aryl methyl sites for hydroxylation is 3. The number of piperidine rings is 1. The van der Waals surface area contributed by atoms with Gasteiger partial charge in [0.15, 0.2) is 0 Å². The van der Waals surface area contributed by atoms with E-state index < -0.39 is 10.0 Å². The van der Waals surface area contributed by atoms with E-state index in [-0.39, 0.29) is 4.34 Å². The molecule has 0 aromatic carbocycles. The third-order valence-electron chi connectivity index (χ3n) is 4.22. The molecule has 0 saturated carbocycles. The van der Waals surface area contributed by atoms with Gasteiger partial charge in [0.25, 0.3) is 10.0 Å². The molecule has 6 nitrogen and oxygen atoms in total. The minimum atomic E-state index is -3.44. The molecule has 120 valence electrons. The van der Waals surface area contributed by atoms with E-state index in [0.29, 0.717) is 19.0 Å². The Hall–Kier alpha value is -1.25. The van der Waals surface area contributed by atoms with Crippen LogP contribution in [0.2, 0.25) is 0 Å². The van der Waals surface area contributed by atoms with Crippen molar-refractivity contribution in [3.63, 3.8) is 0 Å². The normalized spacial score (nSPS) is 18.0. The first-order valence-electron chi connectivity index (χ1n) is 7.30. The van der Waals surface area contributed by atoms with Gasteiger partial charge in [0.1, 0.15) is 0 Å². The van der Waals surface area contributed by atoms with E-state index in [9.17, 15) is 8.42 Å². The van der Waals surface area contributed by atoms with Gasteiger partial charge < -0.3 is 0 Å². The lowest BCUT2D eigenvalue weighted by molar-refractivity contribution is 0.319. The van der Waals surface area contributed by atoms with Gasteiger partial charge in [0.2, 0.25) is 4.34 Å². The Labute approximate surface area is 134 Å². The molecule has 2 aromatic heterocycles. The van der Waals surface area contributed by atoms with E-state index in [1.807, 2.05) is 33.3 Å². The second-order valence-electron chi connectivity index (χ2n) is 5.75. The Balaban J connectivity index is 1.73. The van der Waals surface area contributed by atoms with Crippen LogP contribution in [0, 0.1) is 13.8 Å². The highest BCUT2D eigenvalue weighted by atomic mass is 32.2. The fraction of sp³-hybridized carbons (Fsp3) is 0.571. The van der Waals surface area contributed by atoms with Crippen LogP contribution in [0.4, 0.5) is 0 Å². The van der Waals surface area contributed by atoms with Crippen molar-refractivity contribution in [3.8, 4) is 0 Å². The molecule has 3 heterocycles. The summed E-state index contributed by atoms with van der Waals surface area (Å²) in [7, 11) is -1.55. The molecule has 1 saturated heterocycles. The Morgan fingerprint density at radius 2 is 1.95 bits per heavy atom. The van der Waals surface area contributed by atoms with Gasteiger partial charge in [-0.3, -0.25) is 4.68 Å². The fourth-order valence-corrected chi connectivity index (χ4v) is 5.66. The number of hydrogen-bond acceptors (Lipinski definition) is 5. The second kappa shape index (κ2) is 5.75. The summed E-state index contributed by atoms with van der Waals surface area (Å²) in [5.74, 6) is 0.389. The standard InChI is InChI=1S/C14H20N4O2S2/c1-10-11(2)21-14(16-10)22(19,20)18-6-4-12(5-7-18)13-8-15-17(3)9-13/h8-9,12H,4-7H2,1-3H3. The van der Waals surface area contributed by atoms with Gasteiger partial charge in [-0.25, -0.2) is 13.4 Å². The highest BCUT2D eigenvalue weighted by Crippen LogP contribution is 2.31. The van der Waals surface area contributed by atoms with Crippen molar-refractivity contribution >= 4 is 21.4 Å². The molecule has 0 amide bonds. The molecule has 1 aliphatic rings. The number of rotatable bonds is 3. The van der Waals surface area contributed by atoms with Crippen LogP contribution >= 0.6 is 11.3 Å². The summed E-state index contributed by atoms with van der Waals surface area (Å²) in [6, 6.07) is 0. The summed E-state index contributed by atoms with van der Waals surface area (Å²) in [6.45, 7) is 4.83. The number of aromatic nitrogens is 3. The summed E-state index contributed by atoms with van der Waals surface area (Å²) >= 11 is 1.26. The van der Waals surface area contributed by atoms with Crippen molar-refractivity contribution in [2.75, 3.05) is 13.1 Å². The Bertz CT molecular complexity index is 751. The molecule has 0 atom stereocenters. The van der Waals surface area contributed by atoms with Crippen LogP contribution in [0.25, 0.3) is 0 Å². The minimum Gasteiger partial charge on any atom is -0.276 e. The number of thiazole rings is 1. The molecule has 0 spiro atoms. The van der Waals surface area contributed by atoms with Gasteiger partial charge in [0, 0.05) is 31.2 Å². The van der Waals surface area contributed by atoms with E-state index in [1.165, 1.54) is 16.9 Å². The first-order valence-corrected chi connectivity index (χ1v) is 9.56. The molecule has 0 N–H and O–H groups in total. The Morgan fingerprint density at radius 1 is 1.27 bits per heavy atom. The summed E-state index contributed by atoms with van der Waals surface area (Å²) in [5.41, 5.74) is 1.99. The topological polar surface area (TPSA) is 68.1 Å². The Morgan fingerprint density at radius 3 is 2.45 bits per heavy atom. The lowest BCUT2D eigenvalue weighted by Gasteiger charge is -2.30. The molecule has 0 aliphatic carbocycles. The average Bonchev–Trinajstić information content (AvgIpc) is 3.06. The minimum absolute atomic E-state index is 0.224. The van der Waals surface area contributed by atoms with Crippen molar-refractivity contribution in [2.45, 2.75) is 36.9 Å². The van der Waals surface area contributed by atoms with E-state index in [0.717, 1.165) is 23.4 Å². The summed E-state index contributed by atoms with van der Waals surface area (Å²) in [6.07, 6.45) is 5.55. The van der Waals surface area contributed by atoms with E-state index >= 15 is 0 Å². The maximum Gasteiger partial charge on any atom is 0.270 e. The van der Waals surface area contributed by atoms with Gasteiger partial charge in [-0.05, 0) is 38.2 Å². The smallest absolute Gasteiger partial charge is 0.270 e. The predicted octanol–water partition coefficient (Wildman–Crippen LogP) is 2.06. The third-order valence-corrected chi connectivity index (χ3v) is 7.55. The van der Waals surface area contributed by atoms with Gasteiger partial charge in [-0.15, -0.1) is 11.3 Å². The maximum atomic E-state index is 12.7. The highest BCUT2D eigenvalue weighted by molar-refractivity contribution is 7.91. The number of hydrogen-bond donors (Lipinski definition) is 0. The van der Waals surface area contributed by atoms with Crippen LogP contribution in [0.1, 0.15) is 34.9 Å². The zero-order valence-corrected chi connectivity index (χ0v) is 14.6. The van der Waals surface area contributed by atoms with Crippen molar-refractivity contribution < 1.29 is 8.42 Å². The zero-order chi connectivity index (χ0) is 15.9. The first kappa shape index (κ1) is 15.6. The van der Waals surface area contributed by atoms with Crippen LogP contribution in [-0.4, -0.2) is 40.6 Å². The van der Waals surface area contributed by atoms with E-state index in [1.54, 1.807) is 8.99 Å². The van der Waals surface area contributed by atoms with Crippen molar-refractivity contribution in [2.24, 2.45) is 7.05 Å². The second-order valence-corrected chi connectivity index (χ2v) is 9.06. The lowest BCUT2D eigenvalue weighted by atomic mass is 9.93. The van der Waals surface area contributed by atoms with Crippen LogP contribution in [0.15, 0.2) is 16.7 Å². The molecule has 1 aliphatic heterocycles. The predicted molar refractivity (Wildman–Crippen MR) is 85.5 cm³/mol. The van der Waals surface area contributed by atoms with Crippen LogP contribution in [-0.2, 0) is 17.1 Å². The summed E-state index contributed by atoms with van der Waals surface area (Å²) in [5, 5.41) is 4.20. The third kappa shape index (κ3) is 2.82. The van der Waals surface area contributed by atoms with Crippen LogP contribution in [0.5, 0.6) is 0 Å². The van der Waals surface area contributed by atoms with Crippen LogP contribution in [0.3, 0.4) is 0 Å². The molecule has 2 aromatic rings. The fourth-order valence-electron chi connectivity index (χ4n) is 2.74. The summed E-state index contributed by atoms with van der Waals surface area (Å²) in [4.78, 5) is 5.18. The van der Waals surface area contributed by atoms with Gasteiger partial charge in [-0.1, -0.05) is 0 Å². The molecular formula is C14H20N4O2S2. The van der Waals surface area contributed by atoms with Gasteiger partial charge >= 0.3 is 0 Å². The zero-order valence-electron chi connectivity index (χ0n) is 13.0. The molecular weight excluding hydrogens is 320 g/mol. The van der Waals surface area contributed by atoms with E-state index in [2.05, 4.69) is 10.1 Å². The molecule has 0 bridgehead atoms. The first-order chi connectivity index (χ1) is 10.4. The summed E-state index contributed by atoms with van der Waals surface area (Å²) < 4.78 is 28.9. The number of sulfonamides is 1. The van der Waals surface area contributed by atoms with Gasteiger partial charge in [-0.2, -0.15) is 9.40 Å². The van der Waals surface area contributed by atoms with Crippen molar-refractivity contribution in [1.82, 2.24) is 19.1 Å². The molecule has 3 rings (SSSR count). The number of nitrogens with zero attached hydrogens (tertiary/aromatic N) is 4. The molecule has 22 heavy (non-hydrogen) atoms. The molecule has 0 radical (unpaired) electrons.